The highest BCUT2D eigenvalue weighted by Crippen LogP contribution is 2.23. The van der Waals surface area contributed by atoms with E-state index in [1.54, 1.807) is 0 Å². The van der Waals surface area contributed by atoms with Gasteiger partial charge in [0.1, 0.15) is 11.5 Å². The number of nitrogen functional groups attached to an aromatic ring is 1. The SMILES string of the molecule is CC(C)(C)c1nnnn1-c1cc(N)ccc1F. The number of benzene rings is 1. The summed E-state index contributed by atoms with van der Waals surface area (Å²) in [5.41, 5.74) is 6.10. The van der Waals surface area contributed by atoms with Crippen LogP contribution in [0.1, 0.15) is 26.6 Å². The third kappa shape index (κ3) is 2.11. The number of hydrogen-bond acceptors (Lipinski definition) is 4. The molecule has 0 unspecified atom stereocenters. The fourth-order valence-corrected chi connectivity index (χ4v) is 1.51. The fraction of sp³-hybridized carbons (Fsp3) is 0.364. The van der Waals surface area contributed by atoms with E-state index in [9.17, 15) is 4.39 Å². The number of anilines is 1. The van der Waals surface area contributed by atoms with Crippen LogP contribution < -0.4 is 5.73 Å². The van der Waals surface area contributed by atoms with E-state index in [-0.39, 0.29) is 11.1 Å². The Hall–Kier alpha value is -1.98. The molecule has 0 fully saturated rings. The molecule has 0 radical (unpaired) electrons. The molecule has 0 aliphatic rings. The molecule has 90 valence electrons. The average Bonchev–Trinajstić information content (AvgIpc) is 2.69. The lowest BCUT2D eigenvalue weighted by atomic mass is 9.96. The van der Waals surface area contributed by atoms with Gasteiger partial charge in [0.15, 0.2) is 5.82 Å². The Kier molecular flexibility index (Phi) is 2.57. The number of hydrogen-bond donors (Lipinski definition) is 1. The molecule has 0 saturated heterocycles. The number of halogens is 1. The minimum absolute atomic E-state index is 0.264. The van der Waals surface area contributed by atoms with Gasteiger partial charge >= 0.3 is 0 Å². The van der Waals surface area contributed by atoms with Crippen molar-refractivity contribution >= 4 is 5.69 Å². The summed E-state index contributed by atoms with van der Waals surface area (Å²) in [4.78, 5) is 0. The molecule has 1 aromatic carbocycles. The van der Waals surface area contributed by atoms with Gasteiger partial charge in [0, 0.05) is 11.1 Å². The summed E-state index contributed by atoms with van der Waals surface area (Å²) in [5, 5.41) is 11.3. The molecule has 1 aromatic heterocycles. The lowest BCUT2D eigenvalue weighted by molar-refractivity contribution is 0.517. The minimum atomic E-state index is -0.406. The molecule has 0 aliphatic heterocycles. The Balaban J connectivity index is 2.61. The predicted molar refractivity (Wildman–Crippen MR) is 62.2 cm³/mol. The number of nitrogens with two attached hydrogens (primary N) is 1. The highest BCUT2D eigenvalue weighted by molar-refractivity contribution is 5.48. The van der Waals surface area contributed by atoms with E-state index in [1.165, 1.54) is 22.9 Å². The van der Waals surface area contributed by atoms with E-state index in [1.807, 2.05) is 20.8 Å². The molecule has 6 heteroatoms. The van der Waals surface area contributed by atoms with Crippen molar-refractivity contribution in [2.24, 2.45) is 0 Å². The monoisotopic (exact) mass is 235 g/mol. The highest BCUT2D eigenvalue weighted by atomic mass is 19.1. The molecule has 1 heterocycles. The van der Waals surface area contributed by atoms with Gasteiger partial charge < -0.3 is 5.73 Å². The summed E-state index contributed by atoms with van der Waals surface area (Å²) in [6.07, 6.45) is 0. The summed E-state index contributed by atoms with van der Waals surface area (Å²) in [7, 11) is 0. The van der Waals surface area contributed by atoms with Gasteiger partial charge in [-0.25, -0.2) is 4.39 Å². The summed E-state index contributed by atoms with van der Waals surface area (Å²) in [6, 6.07) is 4.32. The van der Waals surface area contributed by atoms with Crippen molar-refractivity contribution in [3.8, 4) is 5.69 Å². The summed E-state index contributed by atoms with van der Waals surface area (Å²) >= 11 is 0. The second-order valence-corrected chi connectivity index (χ2v) is 4.88. The van der Waals surface area contributed by atoms with Gasteiger partial charge in [0.2, 0.25) is 0 Å². The van der Waals surface area contributed by atoms with Crippen LogP contribution in [-0.4, -0.2) is 20.2 Å². The van der Waals surface area contributed by atoms with Gasteiger partial charge in [-0.05, 0) is 28.6 Å². The lowest BCUT2D eigenvalue weighted by Crippen LogP contribution is -2.19. The van der Waals surface area contributed by atoms with E-state index in [0.29, 0.717) is 11.5 Å². The van der Waals surface area contributed by atoms with E-state index in [0.717, 1.165) is 0 Å². The zero-order chi connectivity index (χ0) is 12.6. The van der Waals surface area contributed by atoms with Crippen LogP contribution in [0, 0.1) is 5.82 Å². The van der Waals surface area contributed by atoms with Gasteiger partial charge in [-0.15, -0.1) is 5.10 Å². The van der Waals surface area contributed by atoms with Gasteiger partial charge in [0.05, 0.1) is 0 Å². The van der Waals surface area contributed by atoms with Crippen molar-refractivity contribution in [2.45, 2.75) is 26.2 Å². The average molecular weight is 235 g/mol. The van der Waals surface area contributed by atoms with E-state index in [4.69, 9.17) is 5.73 Å². The molecular formula is C11H14FN5. The van der Waals surface area contributed by atoms with Gasteiger partial charge in [-0.2, -0.15) is 4.68 Å². The van der Waals surface area contributed by atoms with Crippen LogP contribution in [0.2, 0.25) is 0 Å². The third-order valence-electron chi connectivity index (χ3n) is 2.34. The first-order valence-corrected chi connectivity index (χ1v) is 5.24. The van der Waals surface area contributed by atoms with Crippen molar-refractivity contribution < 1.29 is 4.39 Å². The molecule has 2 rings (SSSR count). The maximum Gasteiger partial charge on any atom is 0.162 e. The Labute approximate surface area is 98.4 Å². The van der Waals surface area contributed by atoms with Gasteiger partial charge in [-0.1, -0.05) is 20.8 Å². The molecule has 5 nitrogen and oxygen atoms in total. The normalized spacial score (nSPS) is 11.8. The first kappa shape index (κ1) is 11.5. The Morgan fingerprint density at radius 3 is 2.65 bits per heavy atom. The van der Waals surface area contributed by atoms with Crippen molar-refractivity contribution in [1.29, 1.82) is 0 Å². The zero-order valence-corrected chi connectivity index (χ0v) is 9.98. The maximum absolute atomic E-state index is 13.7. The minimum Gasteiger partial charge on any atom is -0.399 e. The third-order valence-corrected chi connectivity index (χ3v) is 2.34. The molecule has 2 N–H and O–H groups in total. The Morgan fingerprint density at radius 2 is 2.00 bits per heavy atom. The lowest BCUT2D eigenvalue weighted by Gasteiger charge is -2.17. The number of nitrogens with zero attached hydrogens (tertiary/aromatic N) is 4. The van der Waals surface area contributed by atoms with Crippen LogP contribution in [0.25, 0.3) is 5.69 Å². The van der Waals surface area contributed by atoms with Crippen molar-refractivity contribution in [2.75, 3.05) is 5.73 Å². The molecule has 0 aliphatic carbocycles. The standard InChI is InChI=1S/C11H14FN5/c1-11(2,3)10-14-15-16-17(10)9-6-7(13)4-5-8(9)12/h4-6H,13H2,1-3H3. The van der Waals surface area contributed by atoms with Crippen LogP contribution in [0.5, 0.6) is 0 Å². The molecule has 17 heavy (non-hydrogen) atoms. The molecule has 0 atom stereocenters. The quantitative estimate of drug-likeness (QED) is 0.763. The second kappa shape index (κ2) is 3.80. The topological polar surface area (TPSA) is 69.6 Å². The summed E-state index contributed by atoms with van der Waals surface area (Å²) in [5.74, 6) is 0.180. The largest absolute Gasteiger partial charge is 0.399 e. The summed E-state index contributed by atoms with van der Waals surface area (Å²) in [6.45, 7) is 5.87. The molecule has 0 bridgehead atoms. The smallest absolute Gasteiger partial charge is 0.162 e. The second-order valence-electron chi connectivity index (χ2n) is 4.88. The van der Waals surface area contributed by atoms with Crippen molar-refractivity contribution in [3.05, 3.63) is 29.8 Å². The fourth-order valence-electron chi connectivity index (χ4n) is 1.51. The molecule has 0 amide bonds. The summed E-state index contributed by atoms with van der Waals surface area (Å²) < 4.78 is 15.1. The maximum atomic E-state index is 13.7. The van der Waals surface area contributed by atoms with E-state index < -0.39 is 5.82 Å². The Morgan fingerprint density at radius 1 is 1.29 bits per heavy atom. The van der Waals surface area contributed by atoms with Crippen LogP contribution in [0.3, 0.4) is 0 Å². The zero-order valence-electron chi connectivity index (χ0n) is 9.98. The van der Waals surface area contributed by atoms with Crippen LogP contribution in [0.15, 0.2) is 18.2 Å². The first-order chi connectivity index (χ1) is 7.89. The molecule has 0 saturated carbocycles. The van der Waals surface area contributed by atoms with Gasteiger partial charge in [0.25, 0.3) is 0 Å². The van der Waals surface area contributed by atoms with Crippen molar-refractivity contribution in [1.82, 2.24) is 20.2 Å². The van der Waals surface area contributed by atoms with Gasteiger partial charge in [-0.3, -0.25) is 0 Å². The van der Waals surface area contributed by atoms with E-state index in [2.05, 4.69) is 15.5 Å². The van der Waals surface area contributed by atoms with E-state index >= 15 is 0 Å². The number of aromatic nitrogens is 4. The number of rotatable bonds is 1. The number of tetrazole rings is 1. The Bertz CT molecular complexity index is 541. The van der Waals surface area contributed by atoms with Crippen LogP contribution >= 0.6 is 0 Å². The molecule has 0 spiro atoms. The van der Waals surface area contributed by atoms with Crippen LogP contribution in [0.4, 0.5) is 10.1 Å². The van der Waals surface area contributed by atoms with Crippen LogP contribution in [-0.2, 0) is 5.41 Å². The predicted octanol–water partition coefficient (Wildman–Crippen LogP) is 1.68. The highest BCUT2D eigenvalue weighted by Gasteiger charge is 2.24. The van der Waals surface area contributed by atoms with Crippen molar-refractivity contribution in [3.63, 3.8) is 0 Å². The molecule has 2 aromatic rings. The molecular weight excluding hydrogens is 221 g/mol. The first-order valence-electron chi connectivity index (χ1n) is 5.24.